The van der Waals surface area contributed by atoms with Gasteiger partial charge in [0.15, 0.2) is 0 Å². The normalized spacial score (nSPS) is 13.6. The highest BCUT2D eigenvalue weighted by Crippen LogP contribution is 2.24. The molecule has 0 bridgehead atoms. The number of allylic oxidation sites excluding steroid dienone is 6. The molecule has 10 heteroatoms. The van der Waals surface area contributed by atoms with Gasteiger partial charge in [-0.25, -0.2) is 0 Å². The Kier molecular flexibility index (Phi) is 53.3. The van der Waals surface area contributed by atoms with Crippen molar-refractivity contribution in [3.63, 3.8) is 0 Å². The molecular weight excluding hydrogens is 985 g/mol. The molecule has 1 saturated heterocycles. The van der Waals surface area contributed by atoms with Crippen molar-refractivity contribution < 1.29 is 38.1 Å². The fourth-order valence-corrected chi connectivity index (χ4v) is 10.2. The standard InChI is InChI=1S/C69H126N2O8/c1-5-8-11-14-17-20-23-26-29-32-35-38-41-44-47-52-65(72)76-61-69(64-79-68(75)55-50-51-56-71-59-57-70(4)58-60-71,62-77-66(73)53-48-45-42-39-36-33-30-27-24-21-18-15-12-9-6-2)63-78-67(74)54-49-46-43-40-37-34-31-28-25-22-19-16-13-10-7-3/h26-31H,5-25,32-64H2,1-4H3/b29-26-,30-27-,31-28-. The molecule has 1 aliphatic rings. The minimum Gasteiger partial charge on any atom is -0.465 e. The smallest absolute Gasteiger partial charge is 0.305 e. The maximum atomic E-state index is 13.3. The van der Waals surface area contributed by atoms with E-state index in [1.54, 1.807) is 0 Å². The van der Waals surface area contributed by atoms with E-state index in [1.807, 2.05) is 0 Å². The van der Waals surface area contributed by atoms with Gasteiger partial charge in [-0.15, -0.1) is 0 Å². The van der Waals surface area contributed by atoms with Crippen molar-refractivity contribution >= 4 is 23.9 Å². The first-order valence-corrected chi connectivity index (χ1v) is 33.7. The number of carbonyl (C=O) groups excluding carboxylic acids is 4. The Hall–Kier alpha value is -2.98. The van der Waals surface area contributed by atoms with Gasteiger partial charge in [-0.3, -0.25) is 19.2 Å². The fourth-order valence-electron chi connectivity index (χ4n) is 10.2. The summed E-state index contributed by atoms with van der Waals surface area (Å²) in [4.78, 5) is 58.1. The molecule has 0 N–H and O–H groups in total. The summed E-state index contributed by atoms with van der Waals surface area (Å²) in [5, 5.41) is 0. The average molecular weight is 1110 g/mol. The lowest BCUT2D eigenvalue weighted by atomic mass is 9.92. The highest BCUT2D eigenvalue weighted by atomic mass is 16.6. The fraction of sp³-hybridized carbons (Fsp3) is 0.855. The van der Waals surface area contributed by atoms with Crippen LogP contribution in [0.1, 0.15) is 310 Å². The number of esters is 4. The summed E-state index contributed by atoms with van der Waals surface area (Å²) in [6.45, 7) is 11.1. The molecule has 1 fully saturated rings. The summed E-state index contributed by atoms with van der Waals surface area (Å²) in [6.07, 6.45) is 62.4. The van der Waals surface area contributed by atoms with Gasteiger partial charge in [0.2, 0.25) is 0 Å². The molecule has 0 aromatic carbocycles. The van der Waals surface area contributed by atoms with Gasteiger partial charge in [-0.2, -0.15) is 0 Å². The zero-order valence-corrected chi connectivity index (χ0v) is 52.3. The van der Waals surface area contributed by atoms with Crippen LogP contribution in [0.15, 0.2) is 36.5 Å². The topological polar surface area (TPSA) is 112 Å². The van der Waals surface area contributed by atoms with Gasteiger partial charge in [-0.1, -0.05) is 211 Å². The summed E-state index contributed by atoms with van der Waals surface area (Å²) >= 11 is 0. The van der Waals surface area contributed by atoms with E-state index in [-0.39, 0.29) is 76.0 Å². The minimum atomic E-state index is -1.23. The number of piperazine rings is 1. The van der Waals surface area contributed by atoms with Gasteiger partial charge >= 0.3 is 23.9 Å². The Morgan fingerprint density at radius 2 is 0.544 bits per heavy atom. The van der Waals surface area contributed by atoms with Gasteiger partial charge < -0.3 is 28.7 Å². The first-order chi connectivity index (χ1) is 38.7. The molecule has 1 heterocycles. The van der Waals surface area contributed by atoms with Crippen molar-refractivity contribution in [2.75, 3.05) is 66.2 Å². The molecule has 0 unspecified atom stereocenters. The van der Waals surface area contributed by atoms with Crippen molar-refractivity contribution in [3.05, 3.63) is 36.5 Å². The molecular formula is C69H126N2O8. The Labute approximate surface area is 487 Å². The molecule has 79 heavy (non-hydrogen) atoms. The highest BCUT2D eigenvalue weighted by Gasteiger charge is 2.38. The molecule has 0 amide bonds. The molecule has 0 aromatic heterocycles. The van der Waals surface area contributed by atoms with Crippen molar-refractivity contribution in [1.82, 2.24) is 9.80 Å². The largest absolute Gasteiger partial charge is 0.465 e. The van der Waals surface area contributed by atoms with E-state index in [4.69, 9.17) is 18.9 Å². The molecule has 1 aliphatic heterocycles. The Morgan fingerprint density at radius 1 is 0.316 bits per heavy atom. The number of rotatable bonds is 58. The summed E-state index contributed by atoms with van der Waals surface area (Å²) in [7, 11) is 2.15. The monoisotopic (exact) mass is 1110 g/mol. The summed E-state index contributed by atoms with van der Waals surface area (Å²) in [5.74, 6) is -1.41. The first-order valence-electron chi connectivity index (χ1n) is 33.7. The zero-order chi connectivity index (χ0) is 57.2. The van der Waals surface area contributed by atoms with Gasteiger partial charge in [0.25, 0.3) is 0 Å². The number of hydrogen-bond donors (Lipinski definition) is 0. The van der Waals surface area contributed by atoms with E-state index in [0.29, 0.717) is 6.42 Å². The Bertz CT molecular complexity index is 1350. The van der Waals surface area contributed by atoms with E-state index < -0.39 is 5.41 Å². The summed E-state index contributed by atoms with van der Waals surface area (Å²) in [6, 6.07) is 0. The minimum absolute atomic E-state index is 0.186. The summed E-state index contributed by atoms with van der Waals surface area (Å²) < 4.78 is 23.7. The van der Waals surface area contributed by atoms with Crippen LogP contribution in [0.5, 0.6) is 0 Å². The molecule has 0 radical (unpaired) electrons. The molecule has 0 spiro atoms. The molecule has 0 aliphatic carbocycles. The second kappa shape index (κ2) is 56.9. The summed E-state index contributed by atoms with van der Waals surface area (Å²) in [5.41, 5.74) is -1.23. The van der Waals surface area contributed by atoms with E-state index in [9.17, 15) is 19.2 Å². The number of nitrogens with zero attached hydrogens (tertiary/aromatic N) is 2. The quantitative estimate of drug-likeness (QED) is 0.0253. The zero-order valence-electron chi connectivity index (χ0n) is 52.3. The van der Waals surface area contributed by atoms with Crippen LogP contribution in [0.2, 0.25) is 0 Å². The third-order valence-electron chi connectivity index (χ3n) is 15.8. The molecule has 10 nitrogen and oxygen atoms in total. The van der Waals surface area contributed by atoms with E-state index >= 15 is 0 Å². The lowest BCUT2D eigenvalue weighted by Crippen LogP contribution is -2.44. The van der Waals surface area contributed by atoms with Gasteiger partial charge in [0.1, 0.15) is 31.8 Å². The van der Waals surface area contributed by atoms with Crippen LogP contribution < -0.4 is 0 Å². The van der Waals surface area contributed by atoms with Gasteiger partial charge in [-0.05, 0) is 123 Å². The van der Waals surface area contributed by atoms with Crippen LogP contribution in [0.4, 0.5) is 0 Å². The lowest BCUT2D eigenvalue weighted by molar-refractivity contribution is -0.170. The van der Waals surface area contributed by atoms with E-state index in [2.05, 4.69) is 74.1 Å². The molecule has 460 valence electrons. The number of likely N-dealkylation sites (N-methyl/N-ethyl adjacent to an activating group) is 1. The van der Waals surface area contributed by atoms with E-state index in [0.717, 1.165) is 155 Å². The number of carbonyl (C=O) groups is 4. The molecule has 0 aromatic rings. The van der Waals surface area contributed by atoms with E-state index in [1.165, 1.54) is 135 Å². The first kappa shape index (κ1) is 74.0. The SMILES string of the molecule is CCCCCCCC/C=C\CCCCCCCC(=O)OCC(COC(=O)CCCCCCC/C=C\CCCCCCCC)(COC(=O)CCCCCCC/C=C\CCCCCCCC)COC(=O)CCCCN1CCN(C)CC1. The molecule has 0 saturated carbocycles. The van der Waals surface area contributed by atoms with Crippen molar-refractivity contribution in [1.29, 1.82) is 0 Å². The van der Waals surface area contributed by atoms with Crippen LogP contribution in [0.3, 0.4) is 0 Å². The lowest BCUT2D eigenvalue weighted by Gasteiger charge is -2.32. The van der Waals surface area contributed by atoms with Crippen LogP contribution in [0, 0.1) is 5.41 Å². The second-order valence-corrected chi connectivity index (χ2v) is 23.7. The average Bonchev–Trinajstić information content (AvgIpc) is 3.46. The number of unbranched alkanes of at least 4 members (excludes halogenated alkanes) is 34. The third-order valence-corrected chi connectivity index (χ3v) is 15.8. The van der Waals surface area contributed by atoms with Crippen molar-refractivity contribution in [3.8, 4) is 0 Å². The van der Waals surface area contributed by atoms with Crippen molar-refractivity contribution in [2.45, 2.75) is 310 Å². The van der Waals surface area contributed by atoms with Crippen LogP contribution in [-0.2, 0) is 38.1 Å². The third kappa shape index (κ3) is 50.5. The number of hydrogen-bond acceptors (Lipinski definition) is 10. The maximum Gasteiger partial charge on any atom is 0.305 e. The van der Waals surface area contributed by atoms with Crippen LogP contribution in [0.25, 0.3) is 0 Å². The highest BCUT2D eigenvalue weighted by molar-refractivity contribution is 5.71. The predicted molar refractivity (Wildman–Crippen MR) is 332 cm³/mol. The van der Waals surface area contributed by atoms with Crippen LogP contribution >= 0.6 is 0 Å². The van der Waals surface area contributed by atoms with Crippen LogP contribution in [-0.4, -0.2) is 99.9 Å². The molecule has 0 atom stereocenters. The predicted octanol–water partition coefficient (Wildman–Crippen LogP) is 18.7. The second-order valence-electron chi connectivity index (χ2n) is 23.7. The Balaban J connectivity index is 2.82. The van der Waals surface area contributed by atoms with Crippen molar-refractivity contribution in [2.24, 2.45) is 5.41 Å². The molecule has 1 rings (SSSR count). The Morgan fingerprint density at radius 3 is 0.810 bits per heavy atom. The maximum absolute atomic E-state index is 13.3. The number of ether oxygens (including phenoxy) is 4. The van der Waals surface area contributed by atoms with Gasteiger partial charge in [0.05, 0.1) is 0 Å². The van der Waals surface area contributed by atoms with Gasteiger partial charge in [0, 0.05) is 51.9 Å².